The molecule has 0 atom stereocenters. The fourth-order valence-corrected chi connectivity index (χ4v) is 3.77. The van der Waals surface area contributed by atoms with Crippen molar-refractivity contribution in [3.05, 3.63) is 11.9 Å². The molecule has 1 aromatic heterocycles. The smallest absolute Gasteiger partial charge is 0.134 e. The fourth-order valence-electron chi connectivity index (χ4n) is 2.56. The molecule has 0 unspecified atom stereocenters. The molecular weight excluding hydrogens is 268 g/mol. The second kappa shape index (κ2) is 8.35. The molecule has 0 bridgehead atoms. The molecular formula is C15H26N4S. The zero-order valence-electron chi connectivity index (χ0n) is 12.6. The monoisotopic (exact) mass is 294 g/mol. The number of nitrogens with zero attached hydrogens (tertiary/aromatic N) is 2. The van der Waals surface area contributed by atoms with Crippen LogP contribution in [0.3, 0.4) is 0 Å². The number of hydrogen-bond acceptors (Lipinski definition) is 5. The highest BCUT2D eigenvalue weighted by molar-refractivity contribution is 7.99. The van der Waals surface area contributed by atoms with Crippen LogP contribution in [0.2, 0.25) is 0 Å². The van der Waals surface area contributed by atoms with Gasteiger partial charge in [0, 0.05) is 18.7 Å². The number of thioether (sulfide) groups is 1. The lowest BCUT2D eigenvalue weighted by Crippen LogP contribution is -2.20. The van der Waals surface area contributed by atoms with Gasteiger partial charge in [-0.2, -0.15) is 11.8 Å². The fraction of sp³-hybridized carbons (Fsp3) is 0.733. The largest absolute Gasteiger partial charge is 0.370 e. The van der Waals surface area contributed by atoms with E-state index in [0.29, 0.717) is 0 Å². The van der Waals surface area contributed by atoms with Crippen LogP contribution in [0.15, 0.2) is 6.33 Å². The Balaban J connectivity index is 2.02. The summed E-state index contributed by atoms with van der Waals surface area (Å²) in [4.78, 5) is 8.83. The molecule has 0 spiro atoms. The summed E-state index contributed by atoms with van der Waals surface area (Å²) in [5.74, 6) is 5.42. The lowest BCUT2D eigenvalue weighted by molar-refractivity contribution is 0.515. The van der Waals surface area contributed by atoms with Crippen LogP contribution in [0.25, 0.3) is 0 Å². The summed E-state index contributed by atoms with van der Waals surface area (Å²) in [5, 5.41) is 6.91. The predicted octanol–water partition coefficient (Wildman–Crippen LogP) is 3.42. The van der Waals surface area contributed by atoms with Crippen molar-refractivity contribution in [2.24, 2.45) is 5.92 Å². The first-order valence-corrected chi connectivity index (χ1v) is 8.90. The van der Waals surface area contributed by atoms with Crippen LogP contribution in [0.1, 0.15) is 38.7 Å². The summed E-state index contributed by atoms with van der Waals surface area (Å²) in [7, 11) is 0. The summed E-state index contributed by atoms with van der Waals surface area (Å²) in [6.45, 7) is 6.24. The highest BCUT2D eigenvalue weighted by Crippen LogP contribution is 2.25. The van der Waals surface area contributed by atoms with Gasteiger partial charge in [-0.1, -0.05) is 13.3 Å². The van der Waals surface area contributed by atoms with E-state index in [-0.39, 0.29) is 0 Å². The van der Waals surface area contributed by atoms with Gasteiger partial charge in [-0.05, 0) is 43.6 Å². The van der Waals surface area contributed by atoms with Gasteiger partial charge in [0.1, 0.15) is 18.0 Å². The van der Waals surface area contributed by atoms with Crippen LogP contribution < -0.4 is 10.6 Å². The maximum Gasteiger partial charge on any atom is 0.134 e. The Hall–Kier alpha value is -0.970. The van der Waals surface area contributed by atoms with Crippen molar-refractivity contribution in [1.82, 2.24) is 9.97 Å². The van der Waals surface area contributed by atoms with Gasteiger partial charge in [0.2, 0.25) is 0 Å². The number of aromatic nitrogens is 2. The van der Waals surface area contributed by atoms with Crippen molar-refractivity contribution in [2.75, 3.05) is 35.2 Å². The van der Waals surface area contributed by atoms with Crippen molar-refractivity contribution in [3.8, 4) is 0 Å². The lowest BCUT2D eigenvalue weighted by atomic mass is 10.0. The molecule has 1 aromatic rings. The van der Waals surface area contributed by atoms with Gasteiger partial charge in [0.15, 0.2) is 0 Å². The molecule has 2 N–H and O–H groups in total. The van der Waals surface area contributed by atoms with E-state index in [1.807, 2.05) is 0 Å². The Kier molecular flexibility index (Phi) is 6.43. The topological polar surface area (TPSA) is 49.8 Å². The molecule has 0 amide bonds. The van der Waals surface area contributed by atoms with Crippen LogP contribution in [0.5, 0.6) is 0 Å². The third-order valence-corrected chi connectivity index (χ3v) is 4.74. The van der Waals surface area contributed by atoms with Gasteiger partial charge in [-0.15, -0.1) is 0 Å². The zero-order valence-corrected chi connectivity index (χ0v) is 13.4. The third-order valence-electron chi connectivity index (χ3n) is 3.69. The average molecular weight is 294 g/mol. The Morgan fingerprint density at radius 1 is 1.15 bits per heavy atom. The second-order valence-electron chi connectivity index (χ2n) is 5.27. The van der Waals surface area contributed by atoms with Crippen LogP contribution in [-0.2, 0) is 6.42 Å². The van der Waals surface area contributed by atoms with Gasteiger partial charge in [-0.3, -0.25) is 0 Å². The number of anilines is 2. The number of hydrogen-bond donors (Lipinski definition) is 2. The lowest BCUT2D eigenvalue weighted by Gasteiger charge is -2.22. The van der Waals surface area contributed by atoms with Gasteiger partial charge in [0.05, 0.1) is 0 Å². The molecule has 0 aromatic carbocycles. The van der Waals surface area contributed by atoms with E-state index in [1.165, 1.54) is 29.9 Å². The van der Waals surface area contributed by atoms with Crippen molar-refractivity contribution in [1.29, 1.82) is 0 Å². The molecule has 1 fully saturated rings. The van der Waals surface area contributed by atoms with Crippen molar-refractivity contribution < 1.29 is 0 Å². The first kappa shape index (κ1) is 15.4. The molecule has 4 nitrogen and oxygen atoms in total. The maximum absolute atomic E-state index is 4.46. The van der Waals surface area contributed by atoms with Gasteiger partial charge in [0.25, 0.3) is 0 Å². The van der Waals surface area contributed by atoms with Crippen LogP contribution in [-0.4, -0.2) is 34.6 Å². The van der Waals surface area contributed by atoms with E-state index >= 15 is 0 Å². The highest BCUT2D eigenvalue weighted by Gasteiger charge is 2.15. The standard InChI is InChI=1S/C15H26N4S/c1-3-5-13-14(16-4-2)18-11-19-15(13)17-10-12-6-8-20-9-7-12/h11-12H,3-10H2,1-2H3,(H2,16,17,18,19). The second-order valence-corrected chi connectivity index (χ2v) is 6.49. The first-order valence-electron chi connectivity index (χ1n) is 7.74. The Labute approximate surface area is 126 Å². The van der Waals surface area contributed by atoms with E-state index in [2.05, 4.69) is 46.2 Å². The van der Waals surface area contributed by atoms with Crippen LogP contribution in [0, 0.1) is 5.92 Å². The van der Waals surface area contributed by atoms with E-state index < -0.39 is 0 Å². The van der Waals surface area contributed by atoms with Gasteiger partial charge >= 0.3 is 0 Å². The van der Waals surface area contributed by atoms with Gasteiger partial charge in [-0.25, -0.2) is 9.97 Å². The molecule has 0 radical (unpaired) electrons. The molecule has 1 aliphatic rings. The van der Waals surface area contributed by atoms with Gasteiger partial charge < -0.3 is 10.6 Å². The SMILES string of the molecule is CCCc1c(NCC)ncnc1NCC1CCSCC1. The van der Waals surface area contributed by atoms with E-state index in [0.717, 1.165) is 43.5 Å². The summed E-state index contributed by atoms with van der Waals surface area (Å²) in [6, 6.07) is 0. The predicted molar refractivity (Wildman–Crippen MR) is 88.7 cm³/mol. The molecule has 0 aliphatic carbocycles. The molecule has 5 heteroatoms. The third kappa shape index (κ3) is 4.27. The minimum absolute atomic E-state index is 0.795. The summed E-state index contributed by atoms with van der Waals surface area (Å²) in [5.41, 5.74) is 1.24. The zero-order chi connectivity index (χ0) is 14.2. The van der Waals surface area contributed by atoms with E-state index in [9.17, 15) is 0 Å². The van der Waals surface area contributed by atoms with Crippen molar-refractivity contribution in [2.45, 2.75) is 39.5 Å². The highest BCUT2D eigenvalue weighted by atomic mass is 32.2. The van der Waals surface area contributed by atoms with E-state index in [1.54, 1.807) is 6.33 Å². The van der Waals surface area contributed by atoms with Crippen LogP contribution in [0.4, 0.5) is 11.6 Å². The van der Waals surface area contributed by atoms with E-state index in [4.69, 9.17) is 0 Å². The minimum atomic E-state index is 0.795. The summed E-state index contributed by atoms with van der Waals surface area (Å²) < 4.78 is 0. The molecule has 1 aliphatic heterocycles. The Bertz CT molecular complexity index is 405. The molecule has 2 heterocycles. The molecule has 20 heavy (non-hydrogen) atoms. The minimum Gasteiger partial charge on any atom is -0.370 e. The Morgan fingerprint density at radius 3 is 2.50 bits per heavy atom. The normalized spacial score (nSPS) is 16.1. The average Bonchev–Trinajstić information content (AvgIpc) is 2.49. The summed E-state index contributed by atoms with van der Waals surface area (Å²) >= 11 is 2.08. The first-order chi connectivity index (χ1) is 9.85. The number of nitrogens with one attached hydrogen (secondary N) is 2. The summed E-state index contributed by atoms with van der Waals surface area (Å²) in [6.07, 6.45) is 6.45. The van der Waals surface area contributed by atoms with Crippen molar-refractivity contribution in [3.63, 3.8) is 0 Å². The molecule has 2 rings (SSSR count). The maximum atomic E-state index is 4.46. The quantitative estimate of drug-likeness (QED) is 0.807. The molecule has 112 valence electrons. The number of rotatable bonds is 7. The van der Waals surface area contributed by atoms with Crippen LogP contribution >= 0.6 is 11.8 Å². The molecule has 1 saturated heterocycles. The van der Waals surface area contributed by atoms with Crippen molar-refractivity contribution >= 4 is 23.4 Å². The Morgan fingerprint density at radius 2 is 1.85 bits per heavy atom. The molecule has 0 saturated carbocycles.